The number of hydrogen-bond donors (Lipinski definition) is 0. The van der Waals surface area contributed by atoms with E-state index in [9.17, 15) is 18.0 Å². The van der Waals surface area contributed by atoms with E-state index in [0.717, 1.165) is 12.7 Å². The molecule has 1 aromatic carbocycles. The van der Waals surface area contributed by atoms with Crippen molar-refractivity contribution in [1.29, 1.82) is 0 Å². The summed E-state index contributed by atoms with van der Waals surface area (Å²) in [6.07, 6.45) is 0. The quantitative estimate of drug-likeness (QED) is 0.697. The fourth-order valence-electron chi connectivity index (χ4n) is 1.62. The first-order valence-corrected chi connectivity index (χ1v) is 8.14. The lowest BCUT2D eigenvalue weighted by Crippen LogP contribution is -2.27. The molecule has 0 aromatic heterocycles. The Balaban J connectivity index is 2.49. The summed E-state index contributed by atoms with van der Waals surface area (Å²) >= 11 is 0. The maximum absolute atomic E-state index is 11.7. The average molecular weight is 314 g/mol. The lowest BCUT2D eigenvalue weighted by molar-refractivity contribution is -0.148. The topological polar surface area (TPSA) is 86.7 Å². The first-order chi connectivity index (χ1) is 9.84. The number of esters is 2. The Morgan fingerprint density at radius 3 is 2.38 bits per heavy atom. The summed E-state index contributed by atoms with van der Waals surface area (Å²) in [5, 5.41) is 0. The van der Waals surface area contributed by atoms with Crippen LogP contribution in [-0.2, 0) is 35.5 Å². The Labute approximate surface area is 124 Å². The van der Waals surface area contributed by atoms with Gasteiger partial charge in [0.2, 0.25) is 0 Å². The number of hydrogen-bond acceptors (Lipinski definition) is 6. The van der Waals surface area contributed by atoms with E-state index in [0.29, 0.717) is 0 Å². The van der Waals surface area contributed by atoms with E-state index in [4.69, 9.17) is 4.74 Å². The van der Waals surface area contributed by atoms with Crippen LogP contribution in [0.1, 0.15) is 12.5 Å². The molecule has 0 heterocycles. The van der Waals surface area contributed by atoms with Crippen molar-refractivity contribution in [3.8, 4) is 0 Å². The number of benzene rings is 1. The third kappa shape index (κ3) is 6.40. The van der Waals surface area contributed by atoms with Crippen molar-refractivity contribution in [3.63, 3.8) is 0 Å². The van der Waals surface area contributed by atoms with Gasteiger partial charge in [0.05, 0.1) is 18.8 Å². The van der Waals surface area contributed by atoms with Crippen LogP contribution in [0.3, 0.4) is 0 Å². The van der Waals surface area contributed by atoms with Crippen molar-refractivity contribution < 1.29 is 27.5 Å². The van der Waals surface area contributed by atoms with E-state index in [2.05, 4.69) is 4.74 Å². The number of rotatable bonds is 7. The second-order valence-corrected chi connectivity index (χ2v) is 6.73. The molecule has 0 aliphatic carbocycles. The Morgan fingerprint density at radius 1 is 1.19 bits per heavy atom. The summed E-state index contributed by atoms with van der Waals surface area (Å²) in [6.45, 7) is 1.53. The molecule has 7 heteroatoms. The van der Waals surface area contributed by atoms with Crippen LogP contribution in [0.15, 0.2) is 30.3 Å². The molecule has 0 amide bonds. The molecule has 1 atom stereocenters. The van der Waals surface area contributed by atoms with Crippen molar-refractivity contribution in [2.24, 2.45) is 5.92 Å². The van der Waals surface area contributed by atoms with Crippen LogP contribution in [0, 0.1) is 5.92 Å². The minimum Gasteiger partial charge on any atom is -0.468 e. The zero-order chi connectivity index (χ0) is 15.9. The highest BCUT2D eigenvalue weighted by Crippen LogP contribution is 2.08. The molecule has 0 aliphatic rings. The highest BCUT2D eigenvalue weighted by atomic mass is 32.2. The van der Waals surface area contributed by atoms with Gasteiger partial charge in [-0.05, 0) is 5.56 Å². The largest absolute Gasteiger partial charge is 0.468 e. The minimum atomic E-state index is -3.70. The third-order valence-corrected chi connectivity index (χ3v) is 4.38. The van der Waals surface area contributed by atoms with Crippen LogP contribution in [0.25, 0.3) is 0 Å². The molecule has 0 spiro atoms. The Bertz CT molecular complexity index is 579. The third-order valence-electron chi connectivity index (χ3n) is 2.70. The second-order valence-electron chi connectivity index (χ2n) is 4.63. The maximum Gasteiger partial charge on any atom is 0.320 e. The number of carbonyl (C=O) groups is 2. The zero-order valence-electron chi connectivity index (χ0n) is 11.9. The summed E-state index contributed by atoms with van der Waals surface area (Å²) in [4.78, 5) is 22.7. The molecule has 21 heavy (non-hydrogen) atoms. The van der Waals surface area contributed by atoms with Gasteiger partial charge in [0, 0.05) is 0 Å². The summed E-state index contributed by atoms with van der Waals surface area (Å²) in [6, 6.07) is 9.06. The van der Waals surface area contributed by atoms with Crippen molar-refractivity contribution >= 4 is 21.8 Å². The lowest BCUT2D eigenvalue weighted by Gasteiger charge is -2.11. The van der Waals surface area contributed by atoms with Gasteiger partial charge in [0.1, 0.15) is 12.4 Å². The highest BCUT2D eigenvalue weighted by Gasteiger charge is 2.25. The second kappa shape index (κ2) is 7.78. The smallest absolute Gasteiger partial charge is 0.320 e. The van der Waals surface area contributed by atoms with E-state index in [1.807, 2.05) is 18.2 Å². The van der Waals surface area contributed by atoms with Gasteiger partial charge in [-0.25, -0.2) is 8.42 Å². The van der Waals surface area contributed by atoms with Gasteiger partial charge < -0.3 is 9.47 Å². The Kier molecular flexibility index (Phi) is 6.36. The van der Waals surface area contributed by atoms with Gasteiger partial charge in [-0.1, -0.05) is 37.3 Å². The molecule has 0 fully saturated rings. The van der Waals surface area contributed by atoms with Crippen LogP contribution in [0.4, 0.5) is 0 Å². The molecule has 0 radical (unpaired) electrons. The molecule has 1 unspecified atom stereocenters. The number of carbonyl (C=O) groups excluding carboxylic acids is 2. The first kappa shape index (κ1) is 17.2. The Morgan fingerprint density at radius 2 is 1.81 bits per heavy atom. The molecule has 6 nitrogen and oxygen atoms in total. The first-order valence-electron chi connectivity index (χ1n) is 6.32. The lowest BCUT2D eigenvalue weighted by atomic mass is 10.2. The van der Waals surface area contributed by atoms with Gasteiger partial charge in [-0.2, -0.15) is 0 Å². The molecule has 0 aliphatic heterocycles. The standard InChI is InChI=1S/C14H18O6S/c1-11(9-21(17,18)10-13(15)19-2)14(16)20-8-12-6-4-3-5-7-12/h3-7,11H,8-10H2,1-2H3. The predicted molar refractivity (Wildman–Crippen MR) is 76.1 cm³/mol. The molecule has 116 valence electrons. The SMILES string of the molecule is COC(=O)CS(=O)(=O)CC(C)C(=O)OCc1ccccc1. The summed E-state index contributed by atoms with van der Waals surface area (Å²) < 4.78 is 32.7. The number of methoxy groups -OCH3 is 1. The minimum absolute atomic E-state index is 0.0844. The van der Waals surface area contributed by atoms with E-state index in [1.165, 1.54) is 6.92 Å². The van der Waals surface area contributed by atoms with Crippen LogP contribution in [0.5, 0.6) is 0 Å². The molecule has 0 bridgehead atoms. The van der Waals surface area contributed by atoms with Gasteiger partial charge in [-0.3, -0.25) is 9.59 Å². The summed E-state index contributed by atoms with van der Waals surface area (Å²) in [5.41, 5.74) is 0.815. The van der Waals surface area contributed by atoms with Crippen molar-refractivity contribution in [2.75, 3.05) is 18.6 Å². The molecular formula is C14H18O6S. The van der Waals surface area contributed by atoms with Gasteiger partial charge >= 0.3 is 11.9 Å². The normalized spacial score (nSPS) is 12.5. The van der Waals surface area contributed by atoms with Crippen LogP contribution in [-0.4, -0.2) is 39.0 Å². The monoisotopic (exact) mass is 314 g/mol. The van der Waals surface area contributed by atoms with Crippen molar-refractivity contribution in [3.05, 3.63) is 35.9 Å². The number of ether oxygens (including phenoxy) is 2. The van der Waals surface area contributed by atoms with Gasteiger partial charge in [0.15, 0.2) is 9.84 Å². The van der Waals surface area contributed by atoms with E-state index >= 15 is 0 Å². The van der Waals surface area contributed by atoms with Gasteiger partial charge in [-0.15, -0.1) is 0 Å². The van der Waals surface area contributed by atoms with Crippen molar-refractivity contribution in [2.45, 2.75) is 13.5 Å². The fraction of sp³-hybridized carbons (Fsp3) is 0.429. The Hall–Kier alpha value is -1.89. The predicted octanol–water partition coefficient (Wildman–Crippen LogP) is 0.954. The van der Waals surface area contributed by atoms with Crippen LogP contribution >= 0.6 is 0 Å². The highest BCUT2D eigenvalue weighted by molar-refractivity contribution is 7.92. The van der Waals surface area contributed by atoms with E-state index in [-0.39, 0.29) is 6.61 Å². The zero-order valence-corrected chi connectivity index (χ0v) is 12.8. The molecular weight excluding hydrogens is 296 g/mol. The number of sulfone groups is 1. The van der Waals surface area contributed by atoms with Crippen molar-refractivity contribution in [1.82, 2.24) is 0 Å². The molecule has 1 aromatic rings. The molecule has 0 saturated carbocycles. The fourth-order valence-corrected chi connectivity index (χ4v) is 3.11. The molecule has 0 saturated heterocycles. The summed E-state index contributed by atoms with van der Waals surface area (Å²) in [5.74, 6) is -3.49. The van der Waals surface area contributed by atoms with Crippen LogP contribution in [0.2, 0.25) is 0 Å². The van der Waals surface area contributed by atoms with E-state index in [1.54, 1.807) is 12.1 Å². The average Bonchev–Trinajstić information content (AvgIpc) is 2.44. The molecule has 0 N–H and O–H groups in total. The van der Waals surface area contributed by atoms with Gasteiger partial charge in [0.25, 0.3) is 0 Å². The maximum atomic E-state index is 11.7. The van der Waals surface area contributed by atoms with Crippen LogP contribution < -0.4 is 0 Å². The summed E-state index contributed by atoms with van der Waals surface area (Å²) in [7, 11) is -2.59. The van der Waals surface area contributed by atoms with E-state index < -0.39 is 39.2 Å². The molecule has 1 rings (SSSR count).